The molecular formula is C19H28N4O3. The third-order valence-electron chi connectivity index (χ3n) is 5.14. The number of ether oxygens (including phenoxy) is 1. The standard InChI is InChI=1S/C19H28N4O3/c1-12-16(10-17(24)22-15-4-5-15)13(2)21-19(20-12)14-6-8-23(11-14)18(25)7-9-26-3/h14-15H,4-11H2,1-3H3,(H,22,24)/t14-/m0/s1. The fourth-order valence-electron chi connectivity index (χ4n) is 3.42. The zero-order chi connectivity index (χ0) is 18.7. The van der Waals surface area contributed by atoms with Gasteiger partial charge >= 0.3 is 0 Å². The fraction of sp³-hybridized carbons (Fsp3) is 0.684. The first kappa shape index (κ1) is 18.8. The van der Waals surface area contributed by atoms with Crippen LogP contribution in [0.1, 0.15) is 54.4 Å². The smallest absolute Gasteiger partial charge is 0.224 e. The zero-order valence-corrected chi connectivity index (χ0v) is 15.9. The maximum absolute atomic E-state index is 12.1. The average molecular weight is 360 g/mol. The highest BCUT2D eigenvalue weighted by molar-refractivity contribution is 5.79. The number of carbonyl (C=O) groups is 2. The normalized spacial score (nSPS) is 19.7. The van der Waals surface area contributed by atoms with Crippen LogP contribution in [0.3, 0.4) is 0 Å². The summed E-state index contributed by atoms with van der Waals surface area (Å²) in [5.41, 5.74) is 2.64. The Morgan fingerprint density at radius 1 is 1.19 bits per heavy atom. The number of nitrogens with zero attached hydrogens (tertiary/aromatic N) is 3. The number of methoxy groups -OCH3 is 1. The third-order valence-corrected chi connectivity index (χ3v) is 5.14. The molecule has 0 spiro atoms. The third kappa shape index (κ3) is 4.58. The first-order valence-corrected chi connectivity index (χ1v) is 9.38. The second-order valence-electron chi connectivity index (χ2n) is 7.32. The van der Waals surface area contributed by atoms with Crippen molar-refractivity contribution in [2.24, 2.45) is 0 Å². The summed E-state index contributed by atoms with van der Waals surface area (Å²) in [7, 11) is 1.60. The van der Waals surface area contributed by atoms with Crippen molar-refractivity contribution in [2.45, 2.75) is 57.9 Å². The molecule has 1 N–H and O–H groups in total. The molecule has 7 heteroatoms. The summed E-state index contributed by atoms with van der Waals surface area (Å²) in [6, 6.07) is 0.364. The summed E-state index contributed by atoms with van der Waals surface area (Å²) in [6.45, 7) is 5.72. The maximum atomic E-state index is 12.1. The fourth-order valence-corrected chi connectivity index (χ4v) is 3.42. The van der Waals surface area contributed by atoms with Gasteiger partial charge in [0.2, 0.25) is 11.8 Å². The van der Waals surface area contributed by atoms with Crippen LogP contribution in [-0.2, 0) is 20.7 Å². The number of nitrogens with one attached hydrogen (secondary N) is 1. The van der Waals surface area contributed by atoms with Gasteiger partial charge in [-0.05, 0) is 33.1 Å². The summed E-state index contributed by atoms with van der Waals surface area (Å²) in [5, 5.41) is 3.01. The zero-order valence-electron chi connectivity index (χ0n) is 15.9. The molecule has 7 nitrogen and oxygen atoms in total. The van der Waals surface area contributed by atoms with E-state index < -0.39 is 0 Å². The molecule has 3 rings (SSSR count). The van der Waals surface area contributed by atoms with Crippen LogP contribution in [0.25, 0.3) is 0 Å². The first-order chi connectivity index (χ1) is 12.5. The van der Waals surface area contributed by atoms with E-state index in [-0.39, 0.29) is 17.7 Å². The van der Waals surface area contributed by atoms with Crippen molar-refractivity contribution in [1.82, 2.24) is 20.2 Å². The van der Waals surface area contributed by atoms with Gasteiger partial charge in [0, 0.05) is 49.1 Å². The quantitative estimate of drug-likeness (QED) is 0.791. The summed E-state index contributed by atoms with van der Waals surface area (Å²) in [5.74, 6) is 1.11. The minimum absolute atomic E-state index is 0.0471. The largest absolute Gasteiger partial charge is 0.384 e. The van der Waals surface area contributed by atoms with Gasteiger partial charge in [0.05, 0.1) is 19.4 Å². The van der Waals surface area contributed by atoms with Crippen molar-refractivity contribution >= 4 is 11.8 Å². The molecule has 0 radical (unpaired) electrons. The molecule has 1 atom stereocenters. The Bertz CT molecular complexity index is 664. The van der Waals surface area contributed by atoms with Gasteiger partial charge in [-0.3, -0.25) is 9.59 Å². The van der Waals surface area contributed by atoms with Crippen LogP contribution in [0.15, 0.2) is 0 Å². The van der Waals surface area contributed by atoms with E-state index in [1.54, 1.807) is 7.11 Å². The topological polar surface area (TPSA) is 84.4 Å². The van der Waals surface area contributed by atoms with Gasteiger partial charge in [-0.2, -0.15) is 0 Å². The van der Waals surface area contributed by atoms with Crippen LogP contribution >= 0.6 is 0 Å². The highest BCUT2D eigenvalue weighted by Gasteiger charge is 2.30. The van der Waals surface area contributed by atoms with Crippen molar-refractivity contribution in [3.05, 3.63) is 22.8 Å². The summed E-state index contributed by atoms with van der Waals surface area (Å²) >= 11 is 0. The van der Waals surface area contributed by atoms with Crippen LogP contribution in [0.4, 0.5) is 0 Å². The van der Waals surface area contributed by atoms with Crippen LogP contribution in [0.2, 0.25) is 0 Å². The van der Waals surface area contributed by atoms with Crippen LogP contribution in [0.5, 0.6) is 0 Å². The molecule has 142 valence electrons. The van der Waals surface area contributed by atoms with Gasteiger partial charge in [-0.1, -0.05) is 0 Å². The number of carbonyl (C=O) groups excluding carboxylic acids is 2. The van der Waals surface area contributed by atoms with Crippen molar-refractivity contribution in [1.29, 1.82) is 0 Å². The van der Waals surface area contributed by atoms with E-state index in [0.29, 0.717) is 32.0 Å². The van der Waals surface area contributed by atoms with E-state index >= 15 is 0 Å². The Morgan fingerprint density at radius 3 is 2.50 bits per heavy atom. The van der Waals surface area contributed by atoms with Gasteiger partial charge < -0.3 is 15.0 Å². The highest BCUT2D eigenvalue weighted by atomic mass is 16.5. The van der Waals surface area contributed by atoms with Crippen molar-refractivity contribution in [2.75, 3.05) is 26.8 Å². The number of amides is 2. The molecule has 26 heavy (non-hydrogen) atoms. The molecule has 2 aliphatic rings. The predicted molar refractivity (Wildman–Crippen MR) is 96.8 cm³/mol. The molecule has 0 unspecified atom stereocenters. The summed E-state index contributed by atoms with van der Waals surface area (Å²) < 4.78 is 4.98. The second-order valence-corrected chi connectivity index (χ2v) is 7.32. The molecule has 0 bridgehead atoms. The predicted octanol–water partition coefficient (Wildman–Crippen LogP) is 1.27. The highest BCUT2D eigenvalue weighted by Crippen LogP contribution is 2.27. The molecule has 2 heterocycles. The van der Waals surface area contributed by atoms with Gasteiger partial charge in [0.1, 0.15) is 5.82 Å². The van der Waals surface area contributed by atoms with E-state index in [1.807, 2.05) is 18.7 Å². The van der Waals surface area contributed by atoms with Crippen molar-refractivity contribution < 1.29 is 14.3 Å². The number of likely N-dealkylation sites (tertiary alicyclic amines) is 1. The number of aromatic nitrogens is 2. The van der Waals surface area contributed by atoms with E-state index in [4.69, 9.17) is 4.74 Å². The Morgan fingerprint density at radius 2 is 1.88 bits per heavy atom. The molecule has 1 saturated carbocycles. The molecule has 0 aromatic carbocycles. The Balaban J connectivity index is 1.64. The second kappa shape index (κ2) is 8.12. The van der Waals surface area contributed by atoms with Crippen molar-refractivity contribution in [3.8, 4) is 0 Å². The van der Waals surface area contributed by atoms with Crippen molar-refractivity contribution in [3.63, 3.8) is 0 Å². The maximum Gasteiger partial charge on any atom is 0.224 e. The molecule has 1 aliphatic heterocycles. The van der Waals surface area contributed by atoms with E-state index in [9.17, 15) is 9.59 Å². The average Bonchev–Trinajstić information content (AvgIpc) is 3.27. The van der Waals surface area contributed by atoms with E-state index in [0.717, 1.165) is 48.6 Å². The van der Waals surface area contributed by atoms with Gasteiger partial charge in [-0.25, -0.2) is 9.97 Å². The van der Waals surface area contributed by atoms with Gasteiger partial charge in [0.25, 0.3) is 0 Å². The molecule has 1 aromatic heterocycles. The van der Waals surface area contributed by atoms with Crippen LogP contribution < -0.4 is 5.32 Å². The lowest BCUT2D eigenvalue weighted by atomic mass is 10.0. The lowest BCUT2D eigenvalue weighted by Crippen LogP contribution is -2.29. The minimum atomic E-state index is 0.0471. The van der Waals surface area contributed by atoms with Crippen LogP contribution in [0, 0.1) is 13.8 Å². The molecule has 2 amide bonds. The summed E-state index contributed by atoms with van der Waals surface area (Å²) in [4.78, 5) is 35.4. The van der Waals surface area contributed by atoms with E-state index in [2.05, 4.69) is 15.3 Å². The van der Waals surface area contributed by atoms with E-state index in [1.165, 1.54) is 0 Å². The monoisotopic (exact) mass is 360 g/mol. The number of hydrogen-bond donors (Lipinski definition) is 1. The molecule has 1 saturated heterocycles. The first-order valence-electron chi connectivity index (χ1n) is 9.38. The Kier molecular flexibility index (Phi) is 5.86. The van der Waals surface area contributed by atoms with Gasteiger partial charge in [-0.15, -0.1) is 0 Å². The van der Waals surface area contributed by atoms with Crippen LogP contribution in [-0.4, -0.2) is 59.5 Å². The molecule has 1 aliphatic carbocycles. The van der Waals surface area contributed by atoms with Gasteiger partial charge in [0.15, 0.2) is 0 Å². The molecule has 1 aromatic rings. The lowest BCUT2D eigenvalue weighted by Gasteiger charge is -2.17. The number of rotatable bonds is 7. The molecular weight excluding hydrogens is 332 g/mol. The Hall–Kier alpha value is -2.02. The minimum Gasteiger partial charge on any atom is -0.384 e. The lowest BCUT2D eigenvalue weighted by molar-refractivity contribution is -0.131. The Labute approximate surface area is 154 Å². The summed E-state index contributed by atoms with van der Waals surface area (Å²) in [6.07, 6.45) is 3.79. The number of aryl methyl sites for hydroxylation is 2. The molecule has 2 fully saturated rings. The SMILES string of the molecule is COCCC(=O)N1CC[C@H](c2nc(C)c(CC(=O)NC3CC3)c(C)n2)C1. The number of hydrogen-bond acceptors (Lipinski definition) is 5.